The first-order chi connectivity index (χ1) is 12.8. The highest BCUT2D eigenvalue weighted by atomic mass is 16.5. The molecule has 0 spiro atoms. The summed E-state index contributed by atoms with van der Waals surface area (Å²) in [6, 6.07) is 18.3. The Morgan fingerprint density at radius 3 is 2.73 bits per heavy atom. The van der Waals surface area contributed by atoms with Crippen molar-refractivity contribution in [1.82, 2.24) is 15.0 Å². The van der Waals surface area contributed by atoms with Gasteiger partial charge in [-0.3, -0.25) is 4.79 Å². The van der Waals surface area contributed by atoms with E-state index < -0.39 is 0 Å². The van der Waals surface area contributed by atoms with Crippen LogP contribution in [0.4, 0.5) is 0 Å². The molecule has 1 amide bonds. The van der Waals surface area contributed by atoms with Crippen molar-refractivity contribution in [3.05, 3.63) is 71.5 Å². The number of hydrogen-bond acceptors (Lipinski definition) is 4. The van der Waals surface area contributed by atoms with E-state index in [1.165, 1.54) is 11.1 Å². The van der Waals surface area contributed by atoms with Crippen LogP contribution in [0.15, 0.2) is 59.1 Å². The molecule has 5 rings (SSSR count). The van der Waals surface area contributed by atoms with E-state index in [4.69, 9.17) is 4.52 Å². The maximum atomic E-state index is 12.7. The van der Waals surface area contributed by atoms with Crippen molar-refractivity contribution in [1.29, 1.82) is 0 Å². The third-order valence-corrected chi connectivity index (χ3v) is 5.46. The first kappa shape index (κ1) is 15.3. The van der Waals surface area contributed by atoms with Gasteiger partial charge in [-0.1, -0.05) is 47.6 Å². The van der Waals surface area contributed by atoms with E-state index in [0.29, 0.717) is 24.7 Å². The smallest absolute Gasteiger partial charge is 0.257 e. The molecular weight excluding hydrogens is 326 g/mol. The van der Waals surface area contributed by atoms with Crippen molar-refractivity contribution in [3.63, 3.8) is 0 Å². The number of likely N-dealkylation sites (tertiary alicyclic amines) is 1. The van der Waals surface area contributed by atoms with Crippen molar-refractivity contribution >= 4 is 5.91 Å². The van der Waals surface area contributed by atoms with Crippen LogP contribution in [-0.4, -0.2) is 27.5 Å². The van der Waals surface area contributed by atoms with Crippen LogP contribution in [0.3, 0.4) is 0 Å². The molecule has 2 unspecified atom stereocenters. The summed E-state index contributed by atoms with van der Waals surface area (Å²) in [6.45, 7) is 0.658. The fourth-order valence-electron chi connectivity index (χ4n) is 4.16. The molecule has 0 saturated carbocycles. The zero-order valence-electron chi connectivity index (χ0n) is 14.3. The van der Waals surface area contributed by atoms with Crippen LogP contribution >= 0.6 is 0 Å². The Kier molecular flexibility index (Phi) is 3.59. The lowest BCUT2D eigenvalue weighted by Gasteiger charge is -2.25. The number of hydrogen-bond donors (Lipinski definition) is 0. The number of amides is 1. The molecule has 5 heteroatoms. The molecule has 0 bridgehead atoms. The zero-order valence-corrected chi connectivity index (χ0v) is 14.3. The summed E-state index contributed by atoms with van der Waals surface area (Å²) in [4.78, 5) is 19.2. The van der Waals surface area contributed by atoms with E-state index in [1.807, 2.05) is 35.2 Å². The number of aryl methyl sites for hydroxylation is 1. The molecule has 26 heavy (non-hydrogen) atoms. The lowest BCUT2D eigenvalue weighted by atomic mass is 10.1. The average molecular weight is 345 g/mol. The first-order valence-electron chi connectivity index (χ1n) is 9.06. The number of carbonyl (C=O) groups excluding carboxylic acids is 1. The van der Waals surface area contributed by atoms with Crippen LogP contribution < -0.4 is 0 Å². The van der Waals surface area contributed by atoms with Gasteiger partial charge >= 0.3 is 0 Å². The summed E-state index contributed by atoms with van der Waals surface area (Å²) in [5, 5.41) is 4.15. The van der Waals surface area contributed by atoms with Crippen LogP contribution in [-0.2, 0) is 11.2 Å². The number of aromatic nitrogens is 2. The van der Waals surface area contributed by atoms with E-state index in [0.717, 1.165) is 18.4 Å². The lowest BCUT2D eigenvalue weighted by molar-refractivity contribution is -0.129. The monoisotopic (exact) mass is 345 g/mol. The maximum absolute atomic E-state index is 12.7. The van der Waals surface area contributed by atoms with Crippen molar-refractivity contribution in [3.8, 4) is 11.5 Å². The van der Waals surface area contributed by atoms with Crippen molar-refractivity contribution in [2.24, 2.45) is 0 Å². The minimum absolute atomic E-state index is 0.00326. The van der Waals surface area contributed by atoms with Gasteiger partial charge in [-0.15, -0.1) is 0 Å². The fraction of sp³-hybridized carbons (Fsp3) is 0.286. The standard InChI is InChI=1S/C21H19N3O2/c25-19-12-16(20-22-21(26-23-20)15-7-2-1-3-8-15)13-24(19)18-11-10-14-6-4-5-9-17(14)18/h1-9,16,18H,10-13H2. The average Bonchev–Trinajstić information content (AvgIpc) is 3.40. The van der Waals surface area contributed by atoms with E-state index in [-0.39, 0.29) is 17.9 Å². The van der Waals surface area contributed by atoms with Gasteiger partial charge in [0.1, 0.15) is 0 Å². The number of nitrogens with zero attached hydrogens (tertiary/aromatic N) is 3. The summed E-state index contributed by atoms with van der Waals surface area (Å²) in [7, 11) is 0. The third-order valence-electron chi connectivity index (χ3n) is 5.46. The molecule has 130 valence electrons. The first-order valence-corrected chi connectivity index (χ1v) is 9.06. The van der Waals surface area contributed by atoms with Gasteiger partial charge in [0.2, 0.25) is 5.91 Å². The van der Waals surface area contributed by atoms with Gasteiger partial charge < -0.3 is 9.42 Å². The largest absolute Gasteiger partial charge is 0.335 e. The van der Waals surface area contributed by atoms with Crippen LogP contribution in [0, 0.1) is 0 Å². The summed E-state index contributed by atoms with van der Waals surface area (Å²) < 4.78 is 5.42. The van der Waals surface area contributed by atoms with Crippen LogP contribution in [0.25, 0.3) is 11.5 Å². The Labute approximate surface area is 151 Å². The minimum atomic E-state index is -0.00326. The molecule has 3 aromatic rings. The summed E-state index contributed by atoms with van der Waals surface area (Å²) in [5.41, 5.74) is 3.55. The van der Waals surface area contributed by atoms with E-state index >= 15 is 0 Å². The number of benzene rings is 2. The molecule has 2 aromatic carbocycles. The number of fused-ring (bicyclic) bond motifs is 1. The Morgan fingerprint density at radius 2 is 1.85 bits per heavy atom. The molecule has 2 aliphatic rings. The van der Waals surface area contributed by atoms with Gasteiger partial charge in [-0.2, -0.15) is 4.98 Å². The van der Waals surface area contributed by atoms with E-state index in [2.05, 4.69) is 34.4 Å². The second-order valence-corrected chi connectivity index (χ2v) is 7.02. The minimum Gasteiger partial charge on any atom is -0.335 e. The molecule has 1 aliphatic carbocycles. The van der Waals surface area contributed by atoms with E-state index in [1.54, 1.807) is 0 Å². The molecule has 2 atom stereocenters. The summed E-state index contributed by atoms with van der Waals surface area (Å²) >= 11 is 0. The molecule has 1 saturated heterocycles. The topological polar surface area (TPSA) is 59.2 Å². The second-order valence-electron chi connectivity index (χ2n) is 7.02. The number of carbonyl (C=O) groups is 1. The van der Waals surface area contributed by atoms with Crippen LogP contribution in [0.1, 0.15) is 41.8 Å². The van der Waals surface area contributed by atoms with Gasteiger partial charge in [0, 0.05) is 24.4 Å². The van der Waals surface area contributed by atoms with Crippen LogP contribution in [0.5, 0.6) is 0 Å². The predicted octanol–water partition coefficient (Wildman–Crippen LogP) is 3.74. The molecular formula is C21H19N3O2. The SMILES string of the molecule is O=C1CC(c2noc(-c3ccccc3)n2)CN1C1CCc2ccccc21. The summed E-state index contributed by atoms with van der Waals surface area (Å²) in [5.74, 6) is 1.32. The Balaban J connectivity index is 1.37. The molecule has 0 N–H and O–H groups in total. The molecule has 0 radical (unpaired) electrons. The molecule has 2 heterocycles. The van der Waals surface area contributed by atoms with Gasteiger partial charge in [-0.25, -0.2) is 0 Å². The van der Waals surface area contributed by atoms with Gasteiger partial charge in [0.15, 0.2) is 5.82 Å². The highest BCUT2D eigenvalue weighted by Gasteiger charge is 2.39. The maximum Gasteiger partial charge on any atom is 0.257 e. The quantitative estimate of drug-likeness (QED) is 0.725. The van der Waals surface area contributed by atoms with E-state index in [9.17, 15) is 4.79 Å². The second kappa shape index (κ2) is 6.09. The normalized spacial score (nSPS) is 22.0. The Hall–Kier alpha value is -2.95. The zero-order chi connectivity index (χ0) is 17.5. The molecule has 1 aliphatic heterocycles. The Bertz CT molecular complexity index is 951. The third kappa shape index (κ3) is 2.51. The van der Waals surface area contributed by atoms with Crippen molar-refractivity contribution in [2.45, 2.75) is 31.2 Å². The molecule has 5 nitrogen and oxygen atoms in total. The van der Waals surface area contributed by atoms with Crippen molar-refractivity contribution in [2.75, 3.05) is 6.54 Å². The molecule has 1 fully saturated rings. The lowest BCUT2D eigenvalue weighted by Crippen LogP contribution is -2.28. The number of rotatable bonds is 3. The van der Waals surface area contributed by atoms with Crippen LogP contribution in [0.2, 0.25) is 0 Å². The highest BCUT2D eigenvalue weighted by molar-refractivity contribution is 5.80. The highest BCUT2D eigenvalue weighted by Crippen LogP contribution is 2.40. The van der Waals surface area contributed by atoms with Gasteiger partial charge in [0.25, 0.3) is 5.89 Å². The Morgan fingerprint density at radius 1 is 1.04 bits per heavy atom. The molecule has 1 aromatic heterocycles. The van der Waals surface area contributed by atoms with Gasteiger partial charge in [-0.05, 0) is 36.1 Å². The predicted molar refractivity (Wildman–Crippen MR) is 96.3 cm³/mol. The summed E-state index contributed by atoms with van der Waals surface area (Å²) in [6.07, 6.45) is 2.49. The van der Waals surface area contributed by atoms with Gasteiger partial charge in [0.05, 0.1) is 6.04 Å². The fourth-order valence-corrected chi connectivity index (χ4v) is 4.16. The van der Waals surface area contributed by atoms with Crippen molar-refractivity contribution < 1.29 is 9.32 Å².